The van der Waals surface area contributed by atoms with Gasteiger partial charge in [-0.05, 0) is 49.6 Å². The molecule has 3 rings (SSSR count). The van der Waals surface area contributed by atoms with Crippen molar-refractivity contribution in [1.82, 2.24) is 5.32 Å². The Balaban J connectivity index is 1.89. The molecule has 0 bridgehead atoms. The van der Waals surface area contributed by atoms with E-state index in [-0.39, 0.29) is 27.0 Å². The van der Waals surface area contributed by atoms with Gasteiger partial charge in [0.1, 0.15) is 12.3 Å². The van der Waals surface area contributed by atoms with E-state index in [1.165, 1.54) is 44.4 Å². The maximum absolute atomic E-state index is 13.7. The van der Waals surface area contributed by atoms with Gasteiger partial charge in [0.25, 0.3) is 15.7 Å². The lowest BCUT2D eigenvalue weighted by Gasteiger charge is -2.26. The summed E-state index contributed by atoms with van der Waals surface area (Å²) in [5.41, 5.74) is 1.12. The predicted octanol–water partition coefficient (Wildman–Crippen LogP) is 4.51. The van der Waals surface area contributed by atoms with Gasteiger partial charge in [0.05, 0.1) is 22.6 Å². The van der Waals surface area contributed by atoms with Crippen molar-refractivity contribution in [2.45, 2.75) is 24.7 Å². The Labute approximate surface area is 214 Å². The molecular weight excluding hydrogens is 506 g/mol. The fourth-order valence-corrected chi connectivity index (χ4v) is 5.19. The van der Waals surface area contributed by atoms with Gasteiger partial charge in [0.15, 0.2) is 0 Å². The fourth-order valence-electron chi connectivity index (χ4n) is 3.58. The number of amides is 1. The topological polar surface area (TPSA) is 119 Å². The Morgan fingerprint density at radius 3 is 2.50 bits per heavy atom. The zero-order valence-electron chi connectivity index (χ0n) is 19.8. The van der Waals surface area contributed by atoms with Gasteiger partial charge >= 0.3 is 0 Å². The predicted molar refractivity (Wildman–Crippen MR) is 138 cm³/mol. The number of nitrogens with zero attached hydrogens (tertiary/aromatic N) is 2. The zero-order valence-corrected chi connectivity index (χ0v) is 21.4. The van der Waals surface area contributed by atoms with Gasteiger partial charge in [-0.3, -0.25) is 19.2 Å². The van der Waals surface area contributed by atoms with Crippen LogP contribution < -0.4 is 14.4 Å². The van der Waals surface area contributed by atoms with Gasteiger partial charge in [-0.15, -0.1) is 0 Å². The third-order valence-electron chi connectivity index (χ3n) is 5.47. The molecule has 0 saturated carbocycles. The van der Waals surface area contributed by atoms with Crippen LogP contribution in [0.3, 0.4) is 0 Å². The first-order valence-electron chi connectivity index (χ1n) is 11.1. The first-order valence-corrected chi connectivity index (χ1v) is 12.9. The number of halogens is 1. The van der Waals surface area contributed by atoms with Gasteiger partial charge in [0.2, 0.25) is 5.91 Å². The maximum atomic E-state index is 13.7. The molecule has 9 nitrogen and oxygen atoms in total. The number of nitro benzene ring substituents is 1. The van der Waals surface area contributed by atoms with Crippen molar-refractivity contribution in [3.63, 3.8) is 0 Å². The summed E-state index contributed by atoms with van der Waals surface area (Å²) in [6.07, 6.45) is 1.41. The molecule has 3 aromatic carbocycles. The van der Waals surface area contributed by atoms with E-state index in [4.69, 9.17) is 16.3 Å². The van der Waals surface area contributed by atoms with Crippen molar-refractivity contribution in [2.24, 2.45) is 0 Å². The molecule has 0 unspecified atom stereocenters. The van der Waals surface area contributed by atoms with Crippen LogP contribution in [-0.4, -0.2) is 39.4 Å². The van der Waals surface area contributed by atoms with Crippen LogP contribution in [0.4, 0.5) is 11.4 Å². The second-order valence-corrected chi connectivity index (χ2v) is 10.3. The number of carbonyl (C=O) groups is 1. The molecule has 0 heterocycles. The molecule has 11 heteroatoms. The lowest BCUT2D eigenvalue weighted by molar-refractivity contribution is -0.385. The molecule has 0 fully saturated rings. The Kier molecular flexibility index (Phi) is 8.89. The largest absolute Gasteiger partial charge is 0.495 e. The van der Waals surface area contributed by atoms with Crippen LogP contribution in [0.1, 0.15) is 17.5 Å². The number of rotatable bonds is 11. The molecule has 1 amide bonds. The van der Waals surface area contributed by atoms with Crippen molar-refractivity contribution in [2.75, 3.05) is 24.5 Å². The van der Waals surface area contributed by atoms with Gasteiger partial charge in [-0.25, -0.2) is 8.42 Å². The highest BCUT2D eigenvalue weighted by Crippen LogP contribution is 2.35. The van der Waals surface area contributed by atoms with Crippen LogP contribution >= 0.6 is 11.6 Å². The molecule has 0 aliphatic carbocycles. The summed E-state index contributed by atoms with van der Waals surface area (Å²) in [4.78, 5) is 23.2. The molecular formula is C25H26ClN3O6S. The lowest BCUT2D eigenvalue weighted by atomic mass is 10.1. The van der Waals surface area contributed by atoms with Crippen molar-refractivity contribution >= 4 is 38.9 Å². The monoisotopic (exact) mass is 531 g/mol. The third kappa shape index (κ3) is 6.52. The fraction of sp³-hybridized carbons (Fsp3) is 0.240. The van der Waals surface area contributed by atoms with E-state index in [0.717, 1.165) is 22.4 Å². The number of carbonyl (C=O) groups excluding carboxylic acids is 1. The van der Waals surface area contributed by atoms with E-state index in [2.05, 4.69) is 5.32 Å². The van der Waals surface area contributed by atoms with Gasteiger partial charge < -0.3 is 10.1 Å². The van der Waals surface area contributed by atoms with E-state index in [9.17, 15) is 23.3 Å². The number of hydrogen-bond acceptors (Lipinski definition) is 6. The average Bonchev–Trinajstić information content (AvgIpc) is 2.85. The van der Waals surface area contributed by atoms with Gasteiger partial charge in [0, 0.05) is 23.2 Å². The maximum Gasteiger partial charge on any atom is 0.273 e. The molecule has 0 aliphatic rings. The summed E-state index contributed by atoms with van der Waals surface area (Å²) in [6, 6.07) is 17.7. The summed E-state index contributed by atoms with van der Waals surface area (Å²) < 4.78 is 33.5. The normalized spacial score (nSPS) is 11.1. The number of methoxy groups -OCH3 is 1. The van der Waals surface area contributed by atoms with Crippen LogP contribution in [0.2, 0.25) is 5.02 Å². The molecule has 0 saturated heterocycles. The average molecular weight is 532 g/mol. The van der Waals surface area contributed by atoms with E-state index < -0.39 is 27.4 Å². The number of nitrogens with one attached hydrogen (secondary N) is 1. The number of aryl methyl sites for hydroxylation is 2. The molecule has 36 heavy (non-hydrogen) atoms. The number of ether oxygens (including phenoxy) is 1. The SMILES string of the molecule is COc1ccc(Cl)cc1N(CC(=O)NCCCc1ccccc1)S(=O)(=O)c1ccc(C)c([N+](=O)[O-])c1. The van der Waals surface area contributed by atoms with Gasteiger partial charge in [-0.1, -0.05) is 48.0 Å². The summed E-state index contributed by atoms with van der Waals surface area (Å²) in [6.45, 7) is 1.27. The highest BCUT2D eigenvalue weighted by molar-refractivity contribution is 7.92. The molecule has 190 valence electrons. The van der Waals surface area contributed by atoms with Crippen LogP contribution in [0, 0.1) is 17.0 Å². The molecule has 0 atom stereocenters. The molecule has 0 radical (unpaired) electrons. The number of hydrogen-bond donors (Lipinski definition) is 1. The van der Waals surface area contributed by atoms with E-state index in [1.807, 2.05) is 30.3 Å². The summed E-state index contributed by atoms with van der Waals surface area (Å²) in [5, 5.41) is 14.4. The third-order valence-corrected chi connectivity index (χ3v) is 7.46. The highest BCUT2D eigenvalue weighted by Gasteiger charge is 2.31. The van der Waals surface area contributed by atoms with E-state index in [0.29, 0.717) is 18.5 Å². The highest BCUT2D eigenvalue weighted by atomic mass is 35.5. The first kappa shape index (κ1) is 27.0. The van der Waals surface area contributed by atoms with Crippen molar-refractivity contribution in [1.29, 1.82) is 0 Å². The lowest BCUT2D eigenvalue weighted by Crippen LogP contribution is -2.41. The van der Waals surface area contributed by atoms with Crippen LogP contribution in [0.5, 0.6) is 5.75 Å². The van der Waals surface area contributed by atoms with E-state index in [1.54, 1.807) is 0 Å². The molecule has 0 aromatic heterocycles. The Bertz CT molecular complexity index is 1350. The summed E-state index contributed by atoms with van der Waals surface area (Å²) >= 11 is 6.13. The Hall–Kier alpha value is -3.63. The summed E-state index contributed by atoms with van der Waals surface area (Å²) in [5.74, 6) is -0.378. The Morgan fingerprint density at radius 1 is 1.11 bits per heavy atom. The second kappa shape index (κ2) is 11.9. The minimum Gasteiger partial charge on any atom is -0.495 e. The molecule has 0 aliphatic heterocycles. The number of nitro groups is 1. The van der Waals surface area contributed by atoms with Gasteiger partial charge in [-0.2, -0.15) is 0 Å². The number of benzene rings is 3. The molecule has 1 N–H and O–H groups in total. The molecule has 3 aromatic rings. The quantitative estimate of drug-likeness (QED) is 0.221. The van der Waals surface area contributed by atoms with Crippen molar-refractivity contribution in [3.8, 4) is 5.75 Å². The van der Waals surface area contributed by atoms with Crippen LogP contribution in [0.15, 0.2) is 71.6 Å². The number of anilines is 1. The minimum absolute atomic E-state index is 0.0349. The zero-order chi connectivity index (χ0) is 26.3. The van der Waals surface area contributed by atoms with Crippen LogP contribution in [-0.2, 0) is 21.2 Å². The van der Waals surface area contributed by atoms with Crippen molar-refractivity contribution < 1.29 is 22.9 Å². The smallest absolute Gasteiger partial charge is 0.273 e. The number of sulfonamides is 1. The Morgan fingerprint density at radius 2 is 1.83 bits per heavy atom. The minimum atomic E-state index is -4.42. The van der Waals surface area contributed by atoms with E-state index >= 15 is 0 Å². The molecule has 0 spiro atoms. The van der Waals surface area contributed by atoms with Crippen LogP contribution in [0.25, 0.3) is 0 Å². The van der Waals surface area contributed by atoms with Crippen molar-refractivity contribution in [3.05, 3.63) is 93.0 Å². The second-order valence-electron chi connectivity index (χ2n) is 7.97. The summed E-state index contributed by atoms with van der Waals surface area (Å²) in [7, 11) is -3.06. The standard InChI is InChI=1S/C25H26ClN3O6S/c1-18-10-12-21(16-22(18)29(31)32)36(33,34)28(23-15-20(26)11-13-24(23)35-2)17-25(30)27-14-6-9-19-7-4-3-5-8-19/h3-5,7-8,10-13,15-16H,6,9,14,17H2,1-2H3,(H,27,30). The first-order chi connectivity index (χ1) is 17.1.